The molecule has 0 bridgehead atoms. The van der Waals surface area contributed by atoms with Gasteiger partial charge < -0.3 is 20.5 Å². The smallest absolute Gasteiger partial charge is 0.408 e. The Balaban J connectivity index is 4.20. The highest BCUT2D eigenvalue weighted by Crippen LogP contribution is 2.06. The first kappa shape index (κ1) is 15.4. The summed E-state index contributed by atoms with van der Waals surface area (Å²) in [6.07, 6.45) is 0.858. The average molecular weight is 244 g/mol. The lowest BCUT2D eigenvalue weighted by molar-refractivity contribution is -0.139. The summed E-state index contributed by atoms with van der Waals surface area (Å²) in [6, 6.07) is -1.02. The Morgan fingerprint density at radius 2 is 2.06 bits per heavy atom. The van der Waals surface area contributed by atoms with E-state index in [2.05, 4.69) is 17.2 Å². The van der Waals surface area contributed by atoms with Crippen LogP contribution in [-0.2, 0) is 9.53 Å². The van der Waals surface area contributed by atoms with E-state index in [1.807, 2.05) is 0 Å². The molecule has 6 nitrogen and oxygen atoms in total. The first-order chi connectivity index (χ1) is 7.76. The zero-order valence-corrected chi connectivity index (χ0v) is 10.4. The van der Waals surface area contributed by atoms with Crippen LogP contribution in [0.5, 0.6) is 0 Å². The van der Waals surface area contributed by atoms with Crippen LogP contribution in [0.4, 0.5) is 4.79 Å². The van der Waals surface area contributed by atoms with Crippen LogP contribution < -0.4 is 10.6 Å². The minimum atomic E-state index is -1.12. The lowest BCUT2D eigenvalue weighted by Crippen LogP contribution is -2.48. The van der Waals surface area contributed by atoms with Gasteiger partial charge >= 0.3 is 12.1 Å². The number of hydrogen-bond donors (Lipinski definition) is 3. The van der Waals surface area contributed by atoms with Crippen molar-refractivity contribution in [3.05, 3.63) is 12.7 Å². The van der Waals surface area contributed by atoms with Crippen LogP contribution in [0.2, 0.25) is 0 Å². The molecule has 0 aliphatic heterocycles. The van der Waals surface area contributed by atoms with Crippen LogP contribution in [0.15, 0.2) is 12.7 Å². The van der Waals surface area contributed by atoms with Gasteiger partial charge in [0.2, 0.25) is 0 Å². The Hall–Kier alpha value is -1.56. The monoisotopic (exact) mass is 244 g/mol. The largest absolute Gasteiger partial charge is 0.480 e. The van der Waals surface area contributed by atoms with Gasteiger partial charge in [-0.15, -0.1) is 6.58 Å². The molecule has 0 aliphatic carbocycles. The Labute approximate surface area is 101 Å². The van der Waals surface area contributed by atoms with Gasteiger partial charge in [0.15, 0.2) is 0 Å². The van der Waals surface area contributed by atoms with Gasteiger partial charge in [-0.3, -0.25) is 0 Å². The van der Waals surface area contributed by atoms with Crippen LogP contribution in [-0.4, -0.2) is 41.9 Å². The number of alkyl carbamates (subject to hydrolysis) is 1. The molecule has 1 amide bonds. The van der Waals surface area contributed by atoms with Gasteiger partial charge in [0.1, 0.15) is 11.6 Å². The second-order valence-electron chi connectivity index (χ2n) is 4.48. The summed E-state index contributed by atoms with van der Waals surface area (Å²) in [5.74, 6) is -1.12. The van der Waals surface area contributed by atoms with E-state index in [9.17, 15) is 9.59 Å². The van der Waals surface area contributed by atoms with Crippen LogP contribution in [0.1, 0.15) is 20.8 Å². The number of amides is 1. The van der Waals surface area contributed by atoms with Crippen LogP contribution in [0, 0.1) is 0 Å². The van der Waals surface area contributed by atoms with E-state index in [1.165, 1.54) is 0 Å². The zero-order chi connectivity index (χ0) is 13.5. The molecule has 0 aliphatic rings. The second kappa shape index (κ2) is 6.90. The number of ether oxygens (including phenoxy) is 1. The summed E-state index contributed by atoms with van der Waals surface area (Å²) in [7, 11) is 0. The number of rotatable bonds is 6. The van der Waals surface area contributed by atoms with E-state index in [0.29, 0.717) is 6.54 Å². The summed E-state index contributed by atoms with van der Waals surface area (Å²) in [6.45, 7) is 9.19. The molecule has 0 unspecified atom stereocenters. The van der Waals surface area contributed by atoms with Crippen molar-refractivity contribution in [1.82, 2.24) is 10.6 Å². The average Bonchev–Trinajstić information content (AvgIpc) is 2.13. The molecule has 6 heteroatoms. The molecule has 0 radical (unpaired) electrons. The Kier molecular flexibility index (Phi) is 6.27. The summed E-state index contributed by atoms with van der Waals surface area (Å²) in [5.41, 5.74) is -0.651. The molecular weight excluding hydrogens is 224 g/mol. The predicted octanol–water partition coefficient (Wildman–Crippen LogP) is 0.740. The zero-order valence-electron chi connectivity index (χ0n) is 10.4. The van der Waals surface area contributed by atoms with Gasteiger partial charge in [0.25, 0.3) is 0 Å². The number of carbonyl (C=O) groups is 2. The number of carboxylic acid groups (broad SMARTS) is 1. The van der Waals surface area contributed by atoms with Crippen molar-refractivity contribution in [2.24, 2.45) is 0 Å². The molecule has 0 aromatic rings. The van der Waals surface area contributed by atoms with Crippen molar-refractivity contribution in [2.75, 3.05) is 13.1 Å². The molecular formula is C11H20N2O4. The normalized spacial score (nSPS) is 12.6. The number of carboxylic acids is 1. The summed E-state index contributed by atoms with van der Waals surface area (Å²) in [4.78, 5) is 22.2. The van der Waals surface area contributed by atoms with Gasteiger partial charge in [-0.2, -0.15) is 0 Å². The maximum atomic E-state index is 11.4. The molecule has 1 atom stereocenters. The Morgan fingerprint density at radius 3 is 2.47 bits per heavy atom. The molecule has 0 fully saturated rings. The third kappa shape index (κ3) is 8.27. The quantitative estimate of drug-likeness (QED) is 0.474. The molecule has 98 valence electrons. The Morgan fingerprint density at radius 1 is 1.47 bits per heavy atom. The van der Waals surface area contributed by atoms with E-state index >= 15 is 0 Å². The lowest BCUT2D eigenvalue weighted by atomic mass is 10.2. The van der Waals surface area contributed by atoms with Crippen molar-refractivity contribution < 1.29 is 19.4 Å². The lowest BCUT2D eigenvalue weighted by Gasteiger charge is -2.22. The molecule has 0 saturated heterocycles. The highest BCUT2D eigenvalue weighted by molar-refractivity contribution is 5.80. The van der Waals surface area contributed by atoms with Crippen LogP contribution in [0.3, 0.4) is 0 Å². The van der Waals surface area contributed by atoms with Crippen LogP contribution in [0.25, 0.3) is 0 Å². The molecule has 0 heterocycles. The fourth-order valence-electron chi connectivity index (χ4n) is 0.980. The number of hydrogen-bond acceptors (Lipinski definition) is 4. The van der Waals surface area contributed by atoms with Crippen molar-refractivity contribution >= 4 is 12.1 Å². The third-order valence-corrected chi connectivity index (χ3v) is 1.63. The fourth-order valence-corrected chi connectivity index (χ4v) is 0.980. The number of aliphatic carboxylic acids is 1. The standard InChI is InChI=1S/C11H20N2O4/c1-5-6-12-7-8(9(14)15)13-10(16)17-11(2,3)4/h5,8,12H,1,6-7H2,2-4H3,(H,13,16)(H,14,15)/t8-/m0/s1. The van der Waals surface area contributed by atoms with Crippen LogP contribution >= 0.6 is 0 Å². The Bertz CT molecular complexity index is 284. The third-order valence-electron chi connectivity index (χ3n) is 1.63. The van der Waals surface area contributed by atoms with E-state index in [0.717, 1.165) is 0 Å². The predicted molar refractivity (Wildman–Crippen MR) is 63.9 cm³/mol. The van der Waals surface area contributed by atoms with Crippen molar-refractivity contribution in [3.63, 3.8) is 0 Å². The molecule has 0 aromatic heterocycles. The number of nitrogens with one attached hydrogen (secondary N) is 2. The van der Waals surface area contributed by atoms with Gasteiger partial charge in [-0.1, -0.05) is 6.08 Å². The molecule has 3 N–H and O–H groups in total. The minimum Gasteiger partial charge on any atom is -0.480 e. The number of carbonyl (C=O) groups excluding carboxylic acids is 1. The summed E-state index contributed by atoms with van der Waals surface area (Å²) < 4.78 is 4.96. The van der Waals surface area contributed by atoms with Crippen molar-refractivity contribution in [2.45, 2.75) is 32.4 Å². The summed E-state index contributed by atoms with van der Waals surface area (Å²) >= 11 is 0. The van der Waals surface area contributed by atoms with Gasteiger partial charge in [0.05, 0.1) is 0 Å². The highest BCUT2D eigenvalue weighted by atomic mass is 16.6. The maximum Gasteiger partial charge on any atom is 0.408 e. The molecule has 17 heavy (non-hydrogen) atoms. The highest BCUT2D eigenvalue weighted by Gasteiger charge is 2.23. The van der Waals surface area contributed by atoms with Crippen molar-refractivity contribution in [3.8, 4) is 0 Å². The van der Waals surface area contributed by atoms with Gasteiger partial charge in [-0.25, -0.2) is 9.59 Å². The van der Waals surface area contributed by atoms with E-state index in [-0.39, 0.29) is 6.54 Å². The SMILES string of the molecule is C=CCNC[C@H](NC(=O)OC(C)(C)C)C(=O)O. The van der Waals surface area contributed by atoms with Gasteiger partial charge in [-0.05, 0) is 20.8 Å². The van der Waals surface area contributed by atoms with Gasteiger partial charge in [0, 0.05) is 13.1 Å². The summed E-state index contributed by atoms with van der Waals surface area (Å²) in [5, 5.41) is 14.0. The second-order valence-corrected chi connectivity index (χ2v) is 4.48. The van der Waals surface area contributed by atoms with Crippen molar-refractivity contribution in [1.29, 1.82) is 0 Å². The molecule has 0 spiro atoms. The molecule has 0 saturated carbocycles. The fraction of sp³-hybridized carbons (Fsp3) is 0.636. The minimum absolute atomic E-state index is 0.112. The van der Waals surface area contributed by atoms with E-state index < -0.39 is 23.7 Å². The topological polar surface area (TPSA) is 87.7 Å². The molecule has 0 aromatic carbocycles. The van der Waals surface area contributed by atoms with E-state index in [4.69, 9.17) is 9.84 Å². The molecule has 0 rings (SSSR count). The maximum absolute atomic E-state index is 11.4. The van der Waals surface area contributed by atoms with E-state index in [1.54, 1.807) is 26.8 Å². The first-order valence-corrected chi connectivity index (χ1v) is 5.30. The first-order valence-electron chi connectivity index (χ1n) is 5.30.